The molecular formula is C36H33F6N3O2. The van der Waals surface area contributed by atoms with Gasteiger partial charge in [0.15, 0.2) is 5.78 Å². The summed E-state index contributed by atoms with van der Waals surface area (Å²) in [7, 11) is 0. The van der Waals surface area contributed by atoms with E-state index in [-0.39, 0.29) is 35.8 Å². The zero-order valence-corrected chi connectivity index (χ0v) is 25.5. The summed E-state index contributed by atoms with van der Waals surface area (Å²) in [5, 5.41) is 2.53. The number of piperazine rings is 1. The number of benzene rings is 4. The Morgan fingerprint density at radius 2 is 1.40 bits per heavy atom. The van der Waals surface area contributed by atoms with Crippen molar-refractivity contribution in [2.75, 3.05) is 36.4 Å². The maximum atomic E-state index is 14.4. The third-order valence-corrected chi connectivity index (χ3v) is 8.19. The van der Waals surface area contributed by atoms with Gasteiger partial charge in [0.05, 0.1) is 17.2 Å². The maximum Gasteiger partial charge on any atom is 0.418 e. The van der Waals surface area contributed by atoms with Gasteiger partial charge in [0.25, 0.3) is 5.91 Å². The number of halogens is 6. The minimum absolute atomic E-state index is 0.0311. The number of anilines is 2. The molecule has 1 heterocycles. The molecule has 1 aliphatic heterocycles. The van der Waals surface area contributed by atoms with Crippen molar-refractivity contribution in [1.82, 2.24) is 4.90 Å². The van der Waals surface area contributed by atoms with Crippen LogP contribution < -0.4 is 10.2 Å². The van der Waals surface area contributed by atoms with E-state index in [1.165, 1.54) is 30.3 Å². The third-order valence-electron chi connectivity index (χ3n) is 8.19. The lowest BCUT2D eigenvalue weighted by atomic mass is 9.97. The number of hydrogen-bond acceptors (Lipinski definition) is 4. The predicted molar refractivity (Wildman–Crippen MR) is 169 cm³/mol. The molecule has 246 valence electrons. The van der Waals surface area contributed by atoms with E-state index < -0.39 is 35.4 Å². The van der Waals surface area contributed by atoms with E-state index >= 15 is 0 Å². The highest BCUT2D eigenvalue weighted by molar-refractivity contribution is 6.08. The van der Waals surface area contributed by atoms with Gasteiger partial charge in [-0.3, -0.25) is 14.5 Å². The van der Waals surface area contributed by atoms with E-state index in [0.29, 0.717) is 37.1 Å². The summed E-state index contributed by atoms with van der Waals surface area (Å²) < 4.78 is 82.3. The van der Waals surface area contributed by atoms with Crippen LogP contribution in [-0.4, -0.2) is 42.8 Å². The van der Waals surface area contributed by atoms with Crippen LogP contribution in [-0.2, 0) is 17.1 Å². The molecule has 4 aromatic carbocycles. The van der Waals surface area contributed by atoms with Crippen LogP contribution in [0.2, 0.25) is 0 Å². The van der Waals surface area contributed by atoms with Gasteiger partial charge < -0.3 is 10.2 Å². The van der Waals surface area contributed by atoms with Gasteiger partial charge in [-0.1, -0.05) is 67.6 Å². The second kappa shape index (κ2) is 14.0. The Morgan fingerprint density at radius 1 is 0.766 bits per heavy atom. The van der Waals surface area contributed by atoms with E-state index in [1.54, 1.807) is 23.1 Å². The van der Waals surface area contributed by atoms with Crippen LogP contribution in [0.4, 0.5) is 37.7 Å². The van der Waals surface area contributed by atoms with Crippen LogP contribution in [0.25, 0.3) is 11.1 Å². The Hall–Kier alpha value is -4.64. The average molecular weight is 654 g/mol. The lowest BCUT2D eigenvalue weighted by molar-refractivity contribution is -0.138. The van der Waals surface area contributed by atoms with Crippen LogP contribution in [0.1, 0.15) is 52.9 Å². The van der Waals surface area contributed by atoms with Gasteiger partial charge in [0, 0.05) is 49.5 Å². The second-order valence-electron chi connectivity index (χ2n) is 11.4. The molecule has 1 amide bonds. The molecular weight excluding hydrogens is 620 g/mol. The molecule has 1 N–H and O–H groups in total. The minimum atomic E-state index is -4.73. The Balaban J connectivity index is 1.35. The molecule has 1 aliphatic rings. The van der Waals surface area contributed by atoms with Gasteiger partial charge in [-0.05, 0) is 59.5 Å². The molecule has 47 heavy (non-hydrogen) atoms. The Bertz CT molecular complexity index is 1700. The van der Waals surface area contributed by atoms with Crippen LogP contribution in [0.5, 0.6) is 0 Å². The second-order valence-corrected chi connectivity index (χ2v) is 11.4. The maximum absolute atomic E-state index is 14.4. The molecule has 4 aromatic rings. The summed E-state index contributed by atoms with van der Waals surface area (Å²) in [4.78, 5) is 30.0. The number of ketones is 1. The molecule has 5 nitrogen and oxygen atoms in total. The van der Waals surface area contributed by atoms with Crippen molar-refractivity contribution >= 4 is 23.1 Å². The van der Waals surface area contributed by atoms with Gasteiger partial charge in [0.1, 0.15) is 0 Å². The summed E-state index contributed by atoms with van der Waals surface area (Å²) in [6.45, 7) is 3.22. The molecule has 0 saturated carbocycles. The molecule has 1 saturated heterocycles. The first-order valence-corrected chi connectivity index (χ1v) is 15.2. The first-order chi connectivity index (χ1) is 22.4. The van der Waals surface area contributed by atoms with Crippen molar-refractivity contribution in [1.29, 1.82) is 0 Å². The number of rotatable bonds is 9. The molecule has 0 aliphatic carbocycles. The molecule has 5 rings (SSSR count). The Morgan fingerprint density at radius 3 is 2.02 bits per heavy atom. The quantitative estimate of drug-likeness (QED) is 0.184. The number of Topliss-reactive ketones (excluding diaryl/α,β-unsaturated/α-hetero) is 1. The summed E-state index contributed by atoms with van der Waals surface area (Å²) in [6, 6.07) is 23.0. The zero-order chi connectivity index (χ0) is 33.8. The number of amides is 1. The minimum Gasteiger partial charge on any atom is -0.368 e. The molecule has 0 bridgehead atoms. The van der Waals surface area contributed by atoms with Crippen LogP contribution in [0, 0.1) is 0 Å². The molecule has 1 unspecified atom stereocenters. The van der Waals surface area contributed by atoms with Crippen molar-refractivity contribution in [2.24, 2.45) is 0 Å². The topological polar surface area (TPSA) is 52.7 Å². The normalized spacial score (nSPS) is 14.9. The lowest BCUT2D eigenvalue weighted by Crippen LogP contribution is -2.49. The van der Waals surface area contributed by atoms with Gasteiger partial charge >= 0.3 is 12.4 Å². The molecule has 11 heteroatoms. The van der Waals surface area contributed by atoms with Gasteiger partial charge in [-0.25, -0.2) is 0 Å². The van der Waals surface area contributed by atoms with E-state index in [4.69, 9.17) is 0 Å². The lowest BCUT2D eigenvalue weighted by Gasteiger charge is -2.40. The Kier molecular flexibility index (Phi) is 10.0. The van der Waals surface area contributed by atoms with Crippen molar-refractivity contribution in [3.05, 3.63) is 119 Å². The first-order valence-electron chi connectivity index (χ1n) is 15.2. The fourth-order valence-electron chi connectivity index (χ4n) is 5.93. The van der Waals surface area contributed by atoms with E-state index in [9.17, 15) is 35.9 Å². The number of carbonyl (C=O) groups is 2. The average Bonchev–Trinajstić information content (AvgIpc) is 3.05. The molecule has 0 radical (unpaired) electrons. The highest BCUT2D eigenvalue weighted by Crippen LogP contribution is 2.39. The molecule has 0 spiro atoms. The van der Waals surface area contributed by atoms with Crippen molar-refractivity contribution in [2.45, 2.75) is 38.2 Å². The number of carbonyl (C=O) groups excluding carboxylic acids is 2. The predicted octanol–water partition coefficient (Wildman–Crippen LogP) is 8.88. The number of nitrogens with one attached hydrogen (secondary N) is 1. The summed E-state index contributed by atoms with van der Waals surface area (Å²) in [5.74, 6) is -0.637. The van der Waals surface area contributed by atoms with Crippen molar-refractivity contribution in [3.63, 3.8) is 0 Å². The molecule has 1 atom stereocenters. The van der Waals surface area contributed by atoms with Crippen molar-refractivity contribution in [3.8, 4) is 11.1 Å². The summed E-state index contributed by atoms with van der Waals surface area (Å²) in [6.07, 6.45) is -8.15. The van der Waals surface area contributed by atoms with Crippen LogP contribution >= 0.6 is 0 Å². The van der Waals surface area contributed by atoms with E-state index in [0.717, 1.165) is 23.8 Å². The van der Waals surface area contributed by atoms with Gasteiger partial charge in [0.2, 0.25) is 0 Å². The largest absolute Gasteiger partial charge is 0.418 e. The van der Waals surface area contributed by atoms with Crippen molar-refractivity contribution < 1.29 is 35.9 Å². The third kappa shape index (κ3) is 7.85. The SMILES string of the molecule is CCCC(=O)C(c1ccccc1)N1CCN(c2ccc(NC(=O)c3ccccc3-c3ccc(C(F)(F)F)cc3)cc2C(F)(F)F)CC1. The molecule has 1 fully saturated rings. The van der Waals surface area contributed by atoms with Gasteiger partial charge in [-0.15, -0.1) is 0 Å². The Labute approximate surface area is 268 Å². The molecule has 0 aromatic heterocycles. The zero-order valence-electron chi connectivity index (χ0n) is 25.5. The first kappa shape index (κ1) is 33.7. The fourth-order valence-corrected chi connectivity index (χ4v) is 5.93. The summed E-state index contributed by atoms with van der Waals surface area (Å²) >= 11 is 0. The fraction of sp³-hybridized carbons (Fsp3) is 0.278. The van der Waals surface area contributed by atoms with E-state index in [2.05, 4.69) is 5.32 Å². The number of nitrogens with zero attached hydrogens (tertiary/aromatic N) is 2. The summed E-state index contributed by atoms with van der Waals surface area (Å²) in [5.41, 5.74) is -0.248. The monoisotopic (exact) mass is 653 g/mol. The van der Waals surface area contributed by atoms with E-state index in [1.807, 2.05) is 42.2 Å². The number of alkyl halides is 6. The van der Waals surface area contributed by atoms with Crippen LogP contribution in [0.15, 0.2) is 97.1 Å². The number of hydrogen-bond donors (Lipinski definition) is 1. The van der Waals surface area contributed by atoms with Crippen LogP contribution in [0.3, 0.4) is 0 Å². The standard InChI is InChI=1S/C36H33F6N3O2/c1-2-8-32(46)33(25-9-4-3-5-10-25)45-21-19-44(20-22-45)31-18-17-27(23-30(31)36(40,41)42)43-34(47)29-12-7-6-11-28(29)24-13-15-26(16-14-24)35(37,38)39/h3-7,9-18,23,33H,2,8,19-22H2,1H3,(H,43,47). The highest BCUT2D eigenvalue weighted by atomic mass is 19.4. The van der Waals surface area contributed by atoms with Gasteiger partial charge in [-0.2, -0.15) is 26.3 Å². The smallest absolute Gasteiger partial charge is 0.368 e. The highest BCUT2D eigenvalue weighted by Gasteiger charge is 2.37.